The van der Waals surface area contributed by atoms with Gasteiger partial charge in [0.2, 0.25) is 11.8 Å². The number of ether oxygens (including phenoxy) is 3. The minimum Gasteiger partial charge on any atom is -0.481 e. The summed E-state index contributed by atoms with van der Waals surface area (Å²) in [5.41, 5.74) is 3.25. The number of methoxy groups -OCH3 is 2. The monoisotopic (exact) mass is 428 g/mol. The molecule has 3 aromatic rings. The van der Waals surface area contributed by atoms with Crippen LogP contribution in [0.25, 0.3) is 0 Å². The molecular formula is C19H17ClN6O4. The van der Waals surface area contributed by atoms with Crippen LogP contribution in [0.3, 0.4) is 0 Å². The molecule has 2 N–H and O–H groups in total. The largest absolute Gasteiger partial charge is 0.481 e. The molecule has 2 heterocycles. The van der Waals surface area contributed by atoms with Crippen molar-refractivity contribution in [1.29, 1.82) is 0 Å². The van der Waals surface area contributed by atoms with Crippen molar-refractivity contribution in [2.24, 2.45) is 5.10 Å². The van der Waals surface area contributed by atoms with E-state index in [9.17, 15) is 4.79 Å². The number of rotatable bonds is 7. The summed E-state index contributed by atoms with van der Waals surface area (Å²) in [5.74, 6) is 0.865. The lowest BCUT2D eigenvalue weighted by Gasteiger charge is -2.08. The minimum atomic E-state index is -0.534. The number of aromatic nitrogens is 3. The maximum atomic E-state index is 11.9. The molecule has 0 fully saturated rings. The van der Waals surface area contributed by atoms with Gasteiger partial charge in [0.05, 0.1) is 26.5 Å². The van der Waals surface area contributed by atoms with Gasteiger partial charge in [-0.2, -0.15) is 15.1 Å². The Balaban J connectivity index is 1.67. The molecule has 3 rings (SSSR count). The molecular weight excluding hydrogens is 412 g/mol. The van der Waals surface area contributed by atoms with Crippen LogP contribution in [0.2, 0.25) is 5.02 Å². The van der Waals surface area contributed by atoms with Crippen LogP contribution in [-0.2, 0) is 0 Å². The SMILES string of the molecule is COc1cc(OC)nc(Oc2cccnc2/C=N/NC(=O)Nc2ccc(Cl)cc2)n1. The lowest BCUT2D eigenvalue weighted by molar-refractivity contribution is 0.252. The number of carbonyl (C=O) groups is 1. The Bertz CT molecular complexity index is 1020. The Morgan fingerprint density at radius 2 is 1.80 bits per heavy atom. The van der Waals surface area contributed by atoms with Crippen molar-refractivity contribution in [2.75, 3.05) is 19.5 Å². The summed E-state index contributed by atoms with van der Waals surface area (Å²) in [7, 11) is 2.93. The fourth-order valence-electron chi connectivity index (χ4n) is 2.17. The summed E-state index contributed by atoms with van der Waals surface area (Å²) in [5, 5.41) is 7.06. The van der Waals surface area contributed by atoms with E-state index in [4.69, 9.17) is 25.8 Å². The smallest absolute Gasteiger partial charge is 0.339 e. The van der Waals surface area contributed by atoms with Crippen LogP contribution in [0.15, 0.2) is 53.8 Å². The van der Waals surface area contributed by atoms with Crippen molar-refractivity contribution in [3.05, 3.63) is 59.4 Å². The van der Waals surface area contributed by atoms with E-state index >= 15 is 0 Å². The van der Waals surface area contributed by atoms with Crippen LogP contribution in [0.5, 0.6) is 23.5 Å². The Labute approximate surface area is 176 Å². The van der Waals surface area contributed by atoms with Crippen LogP contribution in [0.4, 0.5) is 10.5 Å². The molecule has 0 saturated carbocycles. The van der Waals surface area contributed by atoms with Crippen molar-refractivity contribution in [2.45, 2.75) is 0 Å². The van der Waals surface area contributed by atoms with Crippen molar-refractivity contribution in [1.82, 2.24) is 20.4 Å². The number of anilines is 1. The van der Waals surface area contributed by atoms with Crippen LogP contribution in [0.1, 0.15) is 5.69 Å². The predicted molar refractivity (Wildman–Crippen MR) is 111 cm³/mol. The average Bonchev–Trinajstić information content (AvgIpc) is 2.76. The van der Waals surface area contributed by atoms with Crippen LogP contribution in [-0.4, -0.2) is 41.4 Å². The fraction of sp³-hybridized carbons (Fsp3) is 0.105. The predicted octanol–water partition coefficient (Wildman–Crippen LogP) is 3.49. The molecule has 11 heteroatoms. The second kappa shape index (κ2) is 10.0. The number of amides is 2. The first kappa shape index (κ1) is 20.8. The van der Waals surface area contributed by atoms with Crippen molar-refractivity contribution >= 4 is 29.5 Å². The summed E-state index contributed by atoms with van der Waals surface area (Å²) < 4.78 is 15.9. The van der Waals surface area contributed by atoms with Gasteiger partial charge in [0.1, 0.15) is 5.69 Å². The Morgan fingerprint density at radius 1 is 1.10 bits per heavy atom. The van der Waals surface area contributed by atoms with E-state index < -0.39 is 6.03 Å². The summed E-state index contributed by atoms with van der Waals surface area (Å²) in [6.07, 6.45) is 2.88. The number of halogens is 1. The van der Waals surface area contributed by atoms with Gasteiger partial charge in [-0.1, -0.05) is 11.6 Å². The second-order valence-corrected chi connectivity index (χ2v) is 5.99. The molecule has 0 aliphatic rings. The van der Waals surface area contributed by atoms with E-state index in [1.54, 1.807) is 42.6 Å². The van der Waals surface area contributed by atoms with E-state index in [0.717, 1.165) is 0 Å². The zero-order valence-corrected chi connectivity index (χ0v) is 16.8. The summed E-state index contributed by atoms with van der Waals surface area (Å²) in [4.78, 5) is 24.3. The molecule has 154 valence electrons. The molecule has 0 aliphatic heterocycles. The maximum absolute atomic E-state index is 11.9. The maximum Gasteiger partial charge on any atom is 0.339 e. The number of carbonyl (C=O) groups excluding carboxylic acids is 1. The summed E-state index contributed by atoms with van der Waals surface area (Å²) in [6, 6.07) is 11.0. The van der Waals surface area contributed by atoms with Crippen LogP contribution in [0, 0.1) is 0 Å². The minimum absolute atomic E-state index is 0.00212. The summed E-state index contributed by atoms with van der Waals surface area (Å²) in [6.45, 7) is 0. The van der Waals surface area contributed by atoms with Gasteiger partial charge < -0.3 is 19.5 Å². The molecule has 2 aromatic heterocycles. The van der Waals surface area contributed by atoms with Crippen LogP contribution < -0.4 is 25.0 Å². The van der Waals surface area contributed by atoms with Gasteiger partial charge in [0.15, 0.2) is 5.75 Å². The molecule has 0 saturated heterocycles. The third-order valence-electron chi connectivity index (χ3n) is 3.53. The molecule has 0 aliphatic carbocycles. The number of urea groups is 1. The van der Waals surface area contributed by atoms with Gasteiger partial charge in [0, 0.05) is 16.9 Å². The number of benzene rings is 1. The van der Waals surface area contributed by atoms with Crippen molar-refractivity contribution < 1.29 is 19.0 Å². The molecule has 0 radical (unpaired) electrons. The highest BCUT2D eigenvalue weighted by Crippen LogP contribution is 2.24. The number of nitrogens with zero attached hydrogens (tertiary/aromatic N) is 4. The van der Waals surface area contributed by atoms with Crippen molar-refractivity contribution in [3.63, 3.8) is 0 Å². The standard InChI is InChI=1S/C19H17ClN6O4/c1-28-16-10-17(29-2)25-19(24-16)30-15-4-3-9-21-14(15)11-22-26-18(27)23-13-7-5-12(20)6-8-13/h3-11H,1-2H3,(H2,23,26,27)/b22-11+. The molecule has 0 atom stereocenters. The topological polar surface area (TPSA) is 120 Å². The van der Waals surface area contributed by atoms with Gasteiger partial charge in [0.25, 0.3) is 0 Å². The first-order chi connectivity index (χ1) is 14.6. The fourth-order valence-corrected chi connectivity index (χ4v) is 2.29. The van der Waals surface area contributed by atoms with E-state index in [1.807, 2.05) is 0 Å². The normalized spacial score (nSPS) is 10.5. The number of hydrazone groups is 1. The average molecular weight is 429 g/mol. The first-order valence-electron chi connectivity index (χ1n) is 8.53. The van der Waals surface area contributed by atoms with Gasteiger partial charge in [-0.3, -0.25) is 4.98 Å². The van der Waals surface area contributed by atoms with Crippen molar-refractivity contribution in [3.8, 4) is 23.5 Å². The Morgan fingerprint density at radius 3 is 2.47 bits per heavy atom. The Kier molecular flexibility index (Phi) is 6.95. The highest BCUT2D eigenvalue weighted by atomic mass is 35.5. The third kappa shape index (κ3) is 5.79. The number of pyridine rings is 1. The highest BCUT2D eigenvalue weighted by molar-refractivity contribution is 6.30. The molecule has 0 bridgehead atoms. The number of nitrogens with one attached hydrogen (secondary N) is 2. The molecule has 0 unspecified atom stereocenters. The van der Waals surface area contributed by atoms with Crippen LogP contribution >= 0.6 is 11.6 Å². The molecule has 10 nitrogen and oxygen atoms in total. The van der Waals surface area contributed by atoms with E-state index in [-0.39, 0.29) is 17.8 Å². The summed E-state index contributed by atoms with van der Waals surface area (Å²) >= 11 is 5.81. The lowest BCUT2D eigenvalue weighted by Crippen LogP contribution is -2.24. The third-order valence-corrected chi connectivity index (χ3v) is 3.78. The number of hydrogen-bond acceptors (Lipinski definition) is 8. The van der Waals surface area contributed by atoms with Gasteiger partial charge in [-0.05, 0) is 36.4 Å². The molecule has 2 amide bonds. The highest BCUT2D eigenvalue weighted by Gasteiger charge is 2.10. The Hall–Kier alpha value is -3.92. The zero-order chi connectivity index (χ0) is 21.3. The van der Waals surface area contributed by atoms with E-state index in [2.05, 4.69) is 30.8 Å². The zero-order valence-electron chi connectivity index (χ0n) is 16.0. The lowest BCUT2D eigenvalue weighted by atomic mass is 10.3. The van der Waals surface area contributed by atoms with E-state index in [1.165, 1.54) is 26.5 Å². The first-order valence-corrected chi connectivity index (χ1v) is 8.90. The van der Waals surface area contributed by atoms with Gasteiger partial charge >= 0.3 is 12.0 Å². The van der Waals surface area contributed by atoms with Gasteiger partial charge in [-0.25, -0.2) is 10.2 Å². The van der Waals surface area contributed by atoms with E-state index in [0.29, 0.717) is 22.2 Å². The molecule has 30 heavy (non-hydrogen) atoms. The second-order valence-electron chi connectivity index (χ2n) is 5.56. The molecule has 1 aromatic carbocycles. The molecule has 0 spiro atoms. The quantitative estimate of drug-likeness (QED) is 0.436. The number of hydrogen-bond donors (Lipinski definition) is 2. The van der Waals surface area contributed by atoms with Gasteiger partial charge in [-0.15, -0.1) is 0 Å².